The third-order valence-electron chi connectivity index (χ3n) is 3.27. The zero-order chi connectivity index (χ0) is 17.5. The number of para-hydroxylation sites is 1. The van der Waals surface area contributed by atoms with E-state index in [0.29, 0.717) is 18.9 Å². The fourth-order valence-corrected chi connectivity index (χ4v) is 2.13. The van der Waals surface area contributed by atoms with E-state index in [1.807, 2.05) is 19.1 Å². The molecule has 0 spiro atoms. The highest BCUT2D eigenvalue weighted by Gasteiger charge is 2.12. The second-order valence-electron chi connectivity index (χ2n) is 5.12. The molecule has 2 amide bonds. The average Bonchev–Trinajstić information content (AvgIpc) is 2.55. The molecule has 0 saturated carbocycles. The largest absolute Gasteiger partial charge is 0.377 e. The summed E-state index contributed by atoms with van der Waals surface area (Å²) in [7, 11) is 0. The molecule has 0 aliphatic rings. The smallest absolute Gasteiger partial charge is 0.255 e. The van der Waals surface area contributed by atoms with E-state index in [9.17, 15) is 14.0 Å². The van der Waals surface area contributed by atoms with E-state index in [-0.39, 0.29) is 11.3 Å². The molecular weight excluding hydrogens is 311 g/mol. The van der Waals surface area contributed by atoms with Crippen molar-refractivity contribution in [2.24, 2.45) is 0 Å². The van der Waals surface area contributed by atoms with Gasteiger partial charge in [0, 0.05) is 30.3 Å². The number of rotatable bonds is 6. The van der Waals surface area contributed by atoms with E-state index >= 15 is 0 Å². The van der Waals surface area contributed by atoms with Crippen LogP contribution in [0.15, 0.2) is 42.5 Å². The molecule has 0 aliphatic carbocycles. The van der Waals surface area contributed by atoms with Crippen LogP contribution in [0.2, 0.25) is 0 Å². The predicted molar refractivity (Wildman–Crippen MR) is 90.4 cm³/mol. The van der Waals surface area contributed by atoms with Crippen molar-refractivity contribution in [3.63, 3.8) is 0 Å². The highest BCUT2D eigenvalue weighted by Crippen LogP contribution is 2.20. The zero-order valence-electron chi connectivity index (χ0n) is 13.6. The lowest BCUT2D eigenvalue weighted by molar-refractivity contribution is -0.114. The Morgan fingerprint density at radius 1 is 1.08 bits per heavy atom. The summed E-state index contributed by atoms with van der Waals surface area (Å²) in [5.41, 5.74) is 1.68. The van der Waals surface area contributed by atoms with Crippen molar-refractivity contribution >= 4 is 23.2 Å². The van der Waals surface area contributed by atoms with E-state index in [1.54, 1.807) is 12.1 Å². The van der Waals surface area contributed by atoms with Gasteiger partial charge in [-0.25, -0.2) is 4.39 Å². The third kappa shape index (κ3) is 4.63. The van der Waals surface area contributed by atoms with Gasteiger partial charge in [-0.2, -0.15) is 0 Å². The summed E-state index contributed by atoms with van der Waals surface area (Å²) in [6.45, 7) is 4.12. The number of amides is 2. The maximum absolute atomic E-state index is 13.7. The van der Waals surface area contributed by atoms with E-state index in [1.165, 1.54) is 19.1 Å². The second kappa shape index (κ2) is 8.21. The predicted octanol–water partition coefficient (Wildman–Crippen LogP) is 3.57. The molecule has 0 atom stereocenters. The normalized spacial score (nSPS) is 10.3. The van der Waals surface area contributed by atoms with Crippen LogP contribution in [0.1, 0.15) is 29.8 Å². The van der Waals surface area contributed by atoms with Gasteiger partial charge in [-0.05, 0) is 31.2 Å². The number of anilines is 2. The molecule has 0 saturated heterocycles. The lowest BCUT2D eigenvalue weighted by Crippen LogP contribution is -2.15. The summed E-state index contributed by atoms with van der Waals surface area (Å²) in [6.07, 6.45) is 0. The van der Waals surface area contributed by atoms with E-state index in [4.69, 9.17) is 4.74 Å². The number of carbonyl (C=O) groups is 2. The molecule has 0 bridgehead atoms. The molecule has 6 heteroatoms. The molecule has 0 radical (unpaired) electrons. The number of benzene rings is 2. The first-order valence-corrected chi connectivity index (χ1v) is 7.55. The lowest BCUT2D eigenvalue weighted by atomic mass is 10.1. The Balaban J connectivity index is 2.20. The third-order valence-corrected chi connectivity index (χ3v) is 3.27. The highest BCUT2D eigenvalue weighted by molar-refractivity contribution is 6.05. The Morgan fingerprint density at radius 2 is 1.83 bits per heavy atom. The first-order valence-electron chi connectivity index (χ1n) is 7.55. The minimum absolute atomic E-state index is 0.0299. The van der Waals surface area contributed by atoms with Crippen molar-refractivity contribution in [2.45, 2.75) is 20.5 Å². The summed E-state index contributed by atoms with van der Waals surface area (Å²) in [6, 6.07) is 11.1. The van der Waals surface area contributed by atoms with Gasteiger partial charge in [-0.1, -0.05) is 18.2 Å². The number of hydrogen-bond acceptors (Lipinski definition) is 3. The van der Waals surface area contributed by atoms with Crippen molar-refractivity contribution in [1.82, 2.24) is 0 Å². The van der Waals surface area contributed by atoms with Gasteiger partial charge >= 0.3 is 0 Å². The van der Waals surface area contributed by atoms with Crippen LogP contribution in [0.5, 0.6) is 0 Å². The molecule has 0 aliphatic heterocycles. The summed E-state index contributed by atoms with van der Waals surface area (Å²) in [5.74, 6) is -1.41. The fourth-order valence-electron chi connectivity index (χ4n) is 2.13. The van der Waals surface area contributed by atoms with Gasteiger partial charge in [0.15, 0.2) is 0 Å². The van der Waals surface area contributed by atoms with Gasteiger partial charge < -0.3 is 15.4 Å². The lowest BCUT2D eigenvalue weighted by Gasteiger charge is -2.12. The molecule has 2 rings (SSSR count). The molecule has 0 aromatic heterocycles. The number of nitrogens with one attached hydrogen (secondary N) is 2. The van der Waals surface area contributed by atoms with Crippen LogP contribution in [0.3, 0.4) is 0 Å². The van der Waals surface area contributed by atoms with Gasteiger partial charge in [-0.15, -0.1) is 0 Å². The number of ether oxygens (including phenoxy) is 1. The van der Waals surface area contributed by atoms with Gasteiger partial charge in [-0.3, -0.25) is 9.59 Å². The molecule has 0 fully saturated rings. The first-order chi connectivity index (χ1) is 11.5. The minimum atomic E-state index is -0.599. The monoisotopic (exact) mass is 330 g/mol. The number of carbonyl (C=O) groups excluding carboxylic acids is 2. The summed E-state index contributed by atoms with van der Waals surface area (Å²) >= 11 is 0. The molecule has 5 nitrogen and oxygen atoms in total. The van der Waals surface area contributed by atoms with Crippen LogP contribution in [0.4, 0.5) is 15.8 Å². The minimum Gasteiger partial charge on any atom is -0.377 e. The molecule has 126 valence electrons. The molecule has 2 aromatic carbocycles. The van der Waals surface area contributed by atoms with Crippen molar-refractivity contribution in [1.29, 1.82) is 0 Å². The van der Waals surface area contributed by atoms with E-state index in [2.05, 4.69) is 10.6 Å². The molecule has 0 unspecified atom stereocenters. The first kappa shape index (κ1) is 17.6. The van der Waals surface area contributed by atoms with Crippen LogP contribution in [-0.4, -0.2) is 18.4 Å². The Labute approximate surface area is 139 Å². The standard InChI is InChI=1S/C18H19FN2O3/c1-3-24-11-14-6-4-5-7-16(14)21-18(23)13-8-9-15(19)17(10-13)20-12(2)22/h4-10H,3,11H2,1-2H3,(H,20,22)(H,21,23). The van der Waals surface area contributed by atoms with E-state index in [0.717, 1.165) is 11.6 Å². The van der Waals surface area contributed by atoms with Crippen molar-refractivity contribution in [3.8, 4) is 0 Å². The number of halogens is 1. The summed E-state index contributed by atoms with van der Waals surface area (Å²) < 4.78 is 19.0. The Hall–Kier alpha value is -2.73. The second-order valence-corrected chi connectivity index (χ2v) is 5.12. The SMILES string of the molecule is CCOCc1ccccc1NC(=O)c1ccc(F)c(NC(C)=O)c1. The maximum atomic E-state index is 13.7. The summed E-state index contributed by atoms with van der Waals surface area (Å²) in [4.78, 5) is 23.5. The summed E-state index contributed by atoms with van der Waals surface area (Å²) in [5, 5.41) is 5.14. The van der Waals surface area contributed by atoms with Crippen molar-refractivity contribution in [3.05, 3.63) is 59.4 Å². The van der Waals surface area contributed by atoms with Gasteiger partial charge in [0.25, 0.3) is 5.91 Å². The average molecular weight is 330 g/mol. The number of hydrogen-bond donors (Lipinski definition) is 2. The highest BCUT2D eigenvalue weighted by atomic mass is 19.1. The van der Waals surface area contributed by atoms with Crippen molar-refractivity contribution in [2.75, 3.05) is 17.2 Å². The van der Waals surface area contributed by atoms with Crippen LogP contribution in [0, 0.1) is 5.82 Å². The Kier molecular flexibility index (Phi) is 6.03. The molecule has 2 N–H and O–H groups in total. The molecular formula is C18H19FN2O3. The molecule has 24 heavy (non-hydrogen) atoms. The Morgan fingerprint density at radius 3 is 2.54 bits per heavy atom. The zero-order valence-corrected chi connectivity index (χ0v) is 13.6. The van der Waals surface area contributed by atoms with Crippen molar-refractivity contribution < 1.29 is 18.7 Å². The van der Waals surface area contributed by atoms with Crippen LogP contribution in [0.25, 0.3) is 0 Å². The molecule has 0 heterocycles. The van der Waals surface area contributed by atoms with Crippen LogP contribution >= 0.6 is 0 Å². The topological polar surface area (TPSA) is 67.4 Å². The van der Waals surface area contributed by atoms with Crippen LogP contribution < -0.4 is 10.6 Å². The van der Waals surface area contributed by atoms with Crippen LogP contribution in [-0.2, 0) is 16.1 Å². The van der Waals surface area contributed by atoms with Gasteiger partial charge in [0.1, 0.15) is 5.82 Å². The Bertz CT molecular complexity index is 747. The quantitative estimate of drug-likeness (QED) is 0.851. The van der Waals surface area contributed by atoms with Gasteiger partial charge in [0.2, 0.25) is 5.91 Å². The van der Waals surface area contributed by atoms with E-state index < -0.39 is 17.6 Å². The maximum Gasteiger partial charge on any atom is 0.255 e. The van der Waals surface area contributed by atoms with Gasteiger partial charge in [0.05, 0.1) is 12.3 Å². The fraction of sp³-hybridized carbons (Fsp3) is 0.222. The molecule has 2 aromatic rings.